The van der Waals surface area contributed by atoms with Crippen molar-refractivity contribution >= 4 is 17.7 Å². The molecule has 0 aliphatic rings. The molecular formula is C15H25N3S. The minimum Gasteiger partial charge on any atom is -0.357 e. The smallest absolute Gasteiger partial charge is 0.191 e. The van der Waals surface area contributed by atoms with Gasteiger partial charge in [0, 0.05) is 18.8 Å². The third-order valence-corrected chi connectivity index (χ3v) is 3.46. The summed E-state index contributed by atoms with van der Waals surface area (Å²) in [6.45, 7) is 6.85. The molecule has 0 heterocycles. The standard InChI is InChI=1S/C15H25N3S/c1-4-13-8-6-7-9-14(13)12-18-15(16-5-2)17-10-11-19-3/h6-9H,4-5,10-12H2,1-3H3,(H2,16,17,18). The number of aryl methyl sites for hydroxylation is 1. The van der Waals surface area contributed by atoms with Crippen LogP contribution in [0.1, 0.15) is 25.0 Å². The predicted molar refractivity (Wildman–Crippen MR) is 87.0 cm³/mol. The van der Waals surface area contributed by atoms with Gasteiger partial charge in [0.2, 0.25) is 0 Å². The highest BCUT2D eigenvalue weighted by atomic mass is 32.2. The van der Waals surface area contributed by atoms with Crippen LogP contribution in [0.4, 0.5) is 0 Å². The van der Waals surface area contributed by atoms with E-state index in [-0.39, 0.29) is 0 Å². The van der Waals surface area contributed by atoms with Crippen LogP contribution < -0.4 is 10.6 Å². The molecule has 0 fully saturated rings. The van der Waals surface area contributed by atoms with Gasteiger partial charge in [-0.05, 0) is 30.7 Å². The minimum atomic E-state index is 0.735. The maximum atomic E-state index is 4.65. The highest BCUT2D eigenvalue weighted by molar-refractivity contribution is 7.98. The van der Waals surface area contributed by atoms with Crippen molar-refractivity contribution in [2.45, 2.75) is 26.8 Å². The van der Waals surface area contributed by atoms with Gasteiger partial charge in [0.05, 0.1) is 6.54 Å². The monoisotopic (exact) mass is 279 g/mol. The van der Waals surface area contributed by atoms with E-state index in [1.165, 1.54) is 11.1 Å². The summed E-state index contributed by atoms with van der Waals surface area (Å²) in [5.74, 6) is 2.00. The van der Waals surface area contributed by atoms with E-state index < -0.39 is 0 Å². The molecule has 1 rings (SSSR count). The van der Waals surface area contributed by atoms with E-state index in [0.29, 0.717) is 0 Å². The Balaban J connectivity index is 2.62. The van der Waals surface area contributed by atoms with Crippen LogP contribution in [0, 0.1) is 0 Å². The third kappa shape index (κ3) is 6.01. The summed E-state index contributed by atoms with van der Waals surface area (Å²) in [6, 6.07) is 8.51. The predicted octanol–water partition coefficient (Wildman–Crippen LogP) is 2.67. The van der Waals surface area contributed by atoms with Gasteiger partial charge in [0.25, 0.3) is 0 Å². The number of rotatable bonds is 7. The van der Waals surface area contributed by atoms with Gasteiger partial charge < -0.3 is 10.6 Å². The van der Waals surface area contributed by atoms with Crippen LogP contribution in [-0.4, -0.2) is 31.1 Å². The molecule has 0 saturated heterocycles. The average molecular weight is 279 g/mol. The van der Waals surface area contributed by atoms with Crippen LogP contribution in [0.15, 0.2) is 29.3 Å². The Morgan fingerprint density at radius 2 is 1.89 bits per heavy atom. The minimum absolute atomic E-state index is 0.735. The van der Waals surface area contributed by atoms with Crippen LogP contribution in [0.3, 0.4) is 0 Å². The maximum absolute atomic E-state index is 4.65. The molecule has 106 valence electrons. The zero-order valence-corrected chi connectivity index (χ0v) is 13.0. The Kier molecular flexibility index (Phi) is 8.14. The molecule has 0 bridgehead atoms. The molecule has 4 heteroatoms. The van der Waals surface area contributed by atoms with E-state index in [4.69, 9.17) is 0 Å². The zero-order chi connectivity index (χ0) is 13.9. The van der Waals surface area contributed by atoms with Crippen molar-refractivity contribution in [1.82, 2.24) is 10.6 Å². The van der Waals surface area contributed by atoms with Gasteiger partial charge in [-0.2, -0.15) is 11.8 Å². The molecule has 0 spiro atoms. The Labute approximate surface area is 121 Å². The zero-order valence-electron chi connectivity index (χ0n) is 12.2. The molecule has 0 unspecified atom stereocenters. The lowest BCUT2D eigenvalue weighted by Gasteiger charge is -2.11. The molecule has 0 saturated carbocycles. The number of nitrogens with zero attached hydrogens (tertiary/aromatic N) is 1. The Morgan fingerprint density at radius 3 is 2.53 bits per heavy atom. The molecule has 0 aliphatic carbocycles. The molecule has 3 nitrogen and oxygen atoms in total. The van der Waals surface area contributed by atoms with Crippen LogP contribution in [0.5, 0.6) is 0 Å². The highest BCUT2D eigenvalue weighted by Crippen LogP contribution is 2.10. The van der Waals surface area contributed by atoms with E-state index in [2.05, 4.69) is 60.0 Å². The summed E-state index contributed by atoms with van der Waals surface area (Å²) >= 11 is 1.84. The van der Waals surface area contributed by atoms with E-state index in [0.717, 1.165) is 37.8 Å². The van der Waals surface area contributed by atoms with Crippen LogP contribution in [0.25, 0.3) is 0 Å². The van der Waals surface area contributed by atoms with Crippen LogP contribution in [0.2, 0.25) is 0 Å². The third-order valence-electron chi connectivity index (χ3n) is 2.85. The quantitative estimate of drug-likeness (QED) is 0.458. The summed E-state index contributed by atoms with van der Waals surface area (Å²) in [5, 5.41) is 6.63. The number of nitrogens with one attached hydrogen (secondary N) is 2. The van der Waals surface area contributed by atoms with Gasteiger partial charge >= 0.3 is 0 Å². The second kappa shape index (κ2) is 9.73. The lowest BCUT2D eigenvalue weighted by atomic mass is 10.1. The van der Waals surface area contributed by atoms with Crippen molar-refractivity contribution in [3.63, 3.8) is 0 Å². The topological polar surface area (TPSA) is 36.4 Å². The van der Waals surface area contributed by atoms with Crippen molar-refractivity contribution in [3.8, 4) is 0 Å². The Hall–Kier alpha value is -1.16. The van der Waals surface area contributed by atoms with Gasteiger partial charge in [0.1, 0.15) is 0 Å². The molecule has 1 aromatic rings. The first kappa shape index (κ1) is 15.9. The van der Waals surface area contributed by atoms with Gasteiger partial charge in [0.15, 0.2) is 5.96 Å². The second-order valence-corrected chi connectivity index (χ2v) is 5.22. The van der Waals surface area contributed by atoms with Gasteiger partial charge in [-0.3, -0.25) is 0 Å². The first-order chi connectivity index (χ1) is 9.31. The fourth-order valence-electron chi connectivity index (χ4n) is 1.83. The van der Waals surface area contributed by atoms with Crippen LogP contribution in [-0.2, 0) is 13.0 Å². The molecule has 0 aromatic heterocycles. The molecule has 0 aliphatic heterocycles. The number of hydrogen-bond donors (Lipinski definition) is 2. The summed E-state index contributed by atoms with van der Waals surface area (Å²) in [4.78, 5) is 4.65. The van der Waals surface area contributed by atoms with Gasteiger partial charge in [-0.15, -0.1) is 0 Å². The summed E-state index contributed by atoms with van der Waals surface area (Å²) < 4.78 is 0. The molecule has 2 N–H and O–H groups in total. The summed E-state index contributed by atoms with van der Waals surface area (Å²) in [5.41, 5.74) is 2.69. The Morgan fingerprint density at radius 1 is 1.16 bits per heavy atom. The summed E-state index contributed by atoms with van der Waals surface area (Å²) in [7, 11) is 0. The Bertz CT molecular complexity index is 391. The first-order valence-corrected chi connectivity index (χ1v) is 8.29. The number of guanidine groups is 1. The number of aliphatic imine (C=N–C) groups is 1. The molecule has 1 aromatic carbocycles. The molecule has 0 radical (unpaired) electrons. The number of benzene rings is 1. The van der Waals surface area contributed by atoms with E-state index in [1.54, 1.807) is 0 Å². The van der Waals surface area contributed by atoms with Crippen molar-refractivity contribution in [2.24, 2.45) is 4.99 Å². The van der Waals surface area contributed by atoms with E-state index >= 15 is 0 Å². The first-order valence-electron chi connectivity index (χ1n) is 6.89. The SMILES string of the molecule is CCNC(=NCc1ccccc1CC)NCCSC. The van der Waals surface area contributed by atoms with Gasteiger partial charge in [-0.25, -0.2) is 4.99 Å². The number of thioether (sulfide) groups is 1. The van der Waals surface area contributed by atoms with E-state index in [9.17, 15) is 0 Å². The lowest BCUT2D eigenvalue weighted by molar-refractivity contribution is 0.840. The molecular weight excluding hydrogens is 254 g/mol. The second-order valence-electron chi connectivity index (χ2n) is 4.24. The van der Waals surface area contributed by atoms with Crippen molar-refractivity contribution < 1.29 is 0 Å². The highest BCUT2D eigenvalue weighted by Gasteiger charge is 2.00. The molecule has 19 heavy (non-hydrogen) atoms. The fourth-order valence-corrected chi connectivity index (χ4v) is 2.14. The van der Waals surface area contributed by atoms with Crippen molar-refractivity contribution in [1.29, 1.82) is 0 Å². The normalized spacial score (nSPS) is 11.4. The molecule has 0 amide bonds. The number of hydrogen-bond acceptors (Lipinski definition) is 2. The summed E-state index contributed by atoms with van der Waals surface area (Å²) in [6.07, 6.45) is 3.17. The largest absolute Gasteiger partial charge is 0.357 e. The van der Waals surface area contributed by atoms with Gasteiger partial charge in [-0.1, -0.05) is 31.2 Å². The lowest BCUT2D eigenvalue weighted by Crippen LogP contribution is -2.38. The average Bonchev–Trinajstić information content (AvgIpc) is 2.45. The fraction of sp³-hybridized carbons (Fsp3) is 0.533. The molecule has 0 atom stereocenters. The van der Waals surface area contributed by atoms with Crippen molar-refractivity contribution in [2.75, 3.05) is 25.1 Å². The van der Waals surface area contributed by atoms with E-state index in [1.807, 2.05) is 11.8 Å². The maximum Gasteiger partial charge on any atom is 0.191 e. The van der Waals surface area contributed by atoms with Crippen LogP contribution >= 0.6 is 11.8 Å². The van der Waals surface area contributed by atoms with Crippen molar-refractivity contribution in [3.05, 3.63) is 35.4 Å².